The molecule has 1 saturated carbocycles. The fourth-order valence-electron chi connectivity index (χ4n) is 9.80. The Kier molecular flexibility index (Phi) is 10.0. The van der Waals surface area contributed by atoms with Crippen LogP contribution in [-0.2, 0) is 31.2 Å². The zero-order chi connectivity index (χ0) is 41.9. The van der Waals surface area contributed by atoms with E-state index in [9.17, 15) is 14.7 Å². The van der Waals surface area contributed by atoms with Gasteiger partial charge in [-0.3, -0.25) is 29.5 Å². The van der Waals surface area contributed by atoms with Crippen LogP contribution >= 0.6 is 23.2 Å². The van der Waals surface area contributed by atoms with Crippen molar-refractivity contribution >= 4 is 64.3 Å². The number of amides is 4. The fraction of sp³-hybridized carbons (Fsp3) is 0.208. The second-order valence-electron chi connectivity index (χ2n) is 15.5. The van der Waals surface area contributed by atoms with Crippen molar-refractivity contribution in [2.75, 3.05) is 17.4 Å². The maximum atomic E-state index is 15.6. The number of anilines is 2. The van der Waals surface area contributed by atoms with Crippen molar-refractivity contribution in [1.82, 2.24) is 5.01 Å². The monoisotopic (exact) mass is 839 g/mol. The first-order valence-corrected chi connectivity index (χ1v) is 20.3. The van der Waals surface area contributed by atoms with Crippen LogP contribution in [0.2, 0.25) is 10.0 Å². The lowest BCUT2D eigenvalue weighted by Gasteiger charge is -2.50. The van der Waals surface area contributed by atoms with Crippen molar-refractivity contribution in [3.05, 3.63) is 166 Å². The van der Waals surface area contributed by atoms with Gasteiger partial charge in [-0.1, -0.05) is 108 Å². The molecule has 4 amide bonds. The molecule has 0 aromatic heterocycles. The zero-order valence-corrected chi connectivity index (χ0v) is 33.9. The number of carbonyl (C=O) groups excluding carboxylic acids is 4. The molecule has 2 N–H and O–H groups in total. The number of phenols is 1. The standard InChI is InChI=1S/C48H39Cl2N3O7/c1-3-27-9-14-31(15-10-27)52-44(55)36-21-20-34-37(42(36)46(52)57)25-38-45(56)53(51-40-22-13-30(49)23-39(40)50)47(58)48(38,29-11-16-32(59-2)17-12-29)43(34)35-19-18-33(24-41(35)54)60-26-28-7-5-4-6-8-28/h3-20,22-24,36-38,42-43,51,54H,1,21,25-26H2,2H3/t36-,37+,38-,42-,43+,48+/m0/s1. The van der Waals surface area contributed by atoms with Gasteiger partial charge in [-0.05, 0) is 84.0 Å². The third kappa shape index (κ3) is 6.24. The number of phenolic OH excluding ortho intramolecular Hbond substituents is 1. The first-order chi connectivity index (χ1) is 29.0. The maximum Gasteiger partial charge on any atom is 0.260 e. The van der Waals surface area contributed by atoms with E-state index in [2.05, 4.69) is 12.0 Å². The summed E-state index contributed by atoms with van der Waals surface area (Å²) in [6.07, 6.45) is 3.90. The van der Waals surface area contributed by atoms with Crippen LogP contribution in [0.25, 0.3) is 6.08 Å². The molecule has 2 aliphatic heterocycles. The van der Waals surface area contributed by atoms with Crippen LogP contribution in [-0.4, -0.2) is 40.9 Å². The Bertz CT molecular complexity index is 2600. The molecule has 4 aliphatic rings. The number of hydrazine groups is 1. The quantitative estimate of drug-likeness (QED) is 0.105. The lowest BCUT2D eigenvalue weighted by molar-refractivity contribution is -0.138. The summed E-state index contributed by atoms with van der Waals surface area (Å²) in [5, 5.41) is 13.7. The first kappa shape index (κ1) is 39.1. The molecule has 9 rings (SSSR count). The SMILES string of the molecule is C=Cc1ccc(N2C(=O)[C@H]3[C@H](CC=C4[C@H]3C[C@H]3C(=O)N(Nc5ccc(Cl)cc5Cl)C(=O)[C@@]3(c3ccc(OC)cc3)[C@H]4c3ccc(OCc4ccccc4)cc3O)C2=O)cc1. The Balaban J connectivity index is 1.21. The number of benzene rings is 5. The molecule has 0 spiro atoms. The smallest absolute Gasteiger partial charge is 0.260 e. The highest BCUT2D eigenvalue weighted by Crippen LogP contribution is 2.65. The first-order valence-electron chi connectivity index (χ1n) is 19.6. The van der Waals surface area contributed by atoms with E-state index in [0.717, 1.165) is 16.1 Å². The lowest BCUT2D eigenvalue weighted by atomic mass is 9.49. The number of rotatable bonds is 10. The van der Waals surface area contributed by atoms with Crippen LogP contribution in [0.15, 0.2) is 133 Å². The number of ether oxygens (including phenoxy) is 2. The summed E-state index contributed by atoms with van der Waals surface area (Å²) in [5.74, 6) is -5.30. The molecule has 2 heterocycles. The topological polar surface area (TPSA) is 125 Å². The Labute approximate surface area is 356 Å². The molecular formula is C48H39Cl2N3O7. The molecule has 0 bridgehead atoms. The number of nitrogens with one attached hydrogen (secondary N) is 1. The molecular weight excluding hydrogens is 801 g/mol. The summed E-state index contributed by atoms with van der Waals surface area (Å²) < 4.78 is 11.6. The van der Waals surface area contributed by atoms with Gasteiger partial charge in [0.15, 0.2) is 0 Å². The molecule has 5 aromatic carbocycles. The average molecular weight is 841 g/mol. The number of fused-ring (bicyclic) bond motifs is 4. The number of hydrogen-bond acceptors (Lipinski definition) is 8. The van der Waals surface area contributed by atoms with Gasteiger partial charge in [0.05, 0.1) is 46.7 Å². The molecule has 5 aromatic rings. The molecule has 2 saturated heterocycles. The number of allylic oxidation sites excluding steroid dienone is 2. The number of aromatic hydroxyl groups is 1. The van der Waals surface area contributed by atoms with Gasteiger partial charge in [0.1, 0.15) is 23.9 Å². The molecule has 0 radical (unpaired) electrons. The zero-order valence-electron chi connectivity index (χ0n) is 32.4. The van der Waals surface area contributed by atoms with E-state index in [1.54, 1.807) is 78.9 Å². The van der Waals surface area contributed by atoms with Crippen LogP contribution in [0.5, 0.6) is 17.2 Å². The molecule has 0 unspecified atom stereocenters. The average Bonchev–Trinajstić information content (AvgIpc) is 3.64. The van der Waals surface area contributed by atoms with Gasteiger partial charge in [-0.15, -0.1) is 0 Å². The highest BCUT2D eigenvalue weighted by Gasteiger charge is 2.70. The number of carbonyl (C=O) groups is 4. The summed E-state index contributed by atoms with van der Waals surface area (Å²) in [7, 11) is 1.54. The molecule has 2 aliphatic carbocycles. The molecule has 6 atom stereocenters. The molecule has 302 valence electrons. The van der Waals surface area contributed by atoms with Crippen LogP contribution in [0.3, 0.4) is 0 Å². The van der Waals surface area contributed by atoms with Gasteiger partial charge in [0, 0.05) is 22.6 Å². The molecule has 60 heavy (non-hydrogen) atoms. The summed E-state index contributed by atoms with van der Waals surface area (Å²) in [5.41, 5.74) is 5.39. The molecule has 10 nitrogen and oxygen atoms in total. The van der Waals surface area contributed by atoms with Crippen molar-refractivity contribution in [2.45, 2.75) is 30.8 Å². The predicted octanol–water partition coefficient (Wildman–Crippen LogP) is 9.12. The van der Waals surface area contributed by atoms with Crippen molar-refractivity contribution in [3.63, 3.8) is 0 Å². The highest BCUT2D eigenvalue weighted by atomic mass is 35.5. The van der Waals surface area contributed by atoms with E-state index in [0.29, 0.717) is 38.9 Å². The molecule has 3 fully saturated rings. The minimum absolute atomic E-state index is 0.0634. The van der Waals surface area contributed by atoms with Crippen molar-refractivity contribution in [3.8, 4) is 17.2 Å². The minimum Gasteiger partial charge on any atom is -0.508 e. The van der Waals surface area contributed by atoms with E-state index in [4.69, 9.17) is 32.7 Å². The third-order valence-electron chi connectivity index (χ3n) is 12.5. The predicted molar refractivity (Wildman–Crippen MR) is 229 cm³/mol. The second-order valence-corrected chi connectivity index (χ2v) is 16.4. The van der Waals surface area contributed by atoms with Crippen molar-refractivity contribution in [1.29, 1.82) is 0 Å². The largest absolute Gasteiger partial charge is 0.508 e. The van der Waals surface area contributed by atoms with E-state index < -0.39 is 46.8 Å². The Morgan fingerprint density at radius 1 is 0.850 bits per heavy atom. The normalized spacial score (nSPS) is 24.4. The van der Waals surface area contributed by atoms with Gasteiger partial charge >= 0.3 is 0 Å². The Hall–Kier alpha value is -6.36. The maximum absolute atomic E-state index is 15.6. The van der Waals surface area contributed by atoms with E-state index in [1.807, 2.05) is 36.4 Å². The lowest BCUT2D eigenvalue weighted by Crippen LogP contribution is -2.53. The van der Waals surface area contributed by atoms with E-state index in [1.165, 1.54) is 24.1 Å². The van der Waals surface area contributed by atoms with Crippen LogP contribution in [0, 0.1) is 23.7 Å². The number of halogens is 2. The van der Waals surface area contributed by atoms with Gasteiger partial charge in [0.25, 0.3) is 11.8 Å². The van der Waals surface area contributed by atoms with Crippen LogP contribution < -0.4 is 19.8 Å². The van der Waals surface area contributed by atoms with Crippen molar-refractivity contribution in [2.24, 2.45) is 23.7 Å². The second kappa shape index (κ2) is 15.3. The summed E-state index contributed by atoms with van der Waals surface area (Å²) in [6.45, 7) is 4.06. The Morgan fingerprint density at radius 2 is 1.58 bits per heavy atom. The Morgan fingerprint density at radius 3 is 2.27 bits per heavy atom. The summed E-state index contributed by atoms with van der Waals surface area (Å²) in [6, 6.07) is 33.3. The van der Waals surface area contributed by atoms with Crippen LogP contribution in [0.1, 0.15) is 41.0 Å². The fourth-order valence-corrected chi connectivity index (χ4v) is 10.3. The van der Waals surface area contributed by atoms with E-state index >= 15 is 9.59 Å². The minimum atomic E-state index is -1.65. The van der Waals surface area contributed by atoms with Gasteiger partial charge in [0.2, 0.25) is 11.8 Å². The van der Waals surface area contributed by atoms with Crippen LogP contribution in [0.4, 0.5) is 11.4 Å². The summed E-state index contributed by atoms with van der Waals surface area (Å²) in [4.78, 5) is 60.9. The number of hydrogen-bond donors (Lipinski definition) is 2. The van der Waals surface area contributed by atoms with Gasteiger partial charge in [-0.2, -0.15) is 5.01 Å². The summed E-state index contributed by atoms with van der Waals surface area (Å²) >= 11 is 12.8. The van der Waals surface area contributed by atoms with Crippen molar-refractivity contribution < 1.29 is 33.8 Å². The van der Waals surface area contributed by atoms with Gasteiger partial charge in [-0.25, -0.2) is 0 Å². The highest BCUT2D eigenvalue weighted by molar-refractivity contribution is 6.36. The number of methoxy groups -OCH3 is 1. The molecule has 12 heteroatoms. The number of imide groups is 2. The third-order valence-corrected chi connectivity index (χ3v) is 13.1. The number of nitrogens with zero attached hydrogens (tertiary/aromatic N) is 2. The van der Waals surface area contributed by atoms with E-state index in [-0.39, 0.29) is 47.7 Å². The van der Waals surface area contributed by atoms with Gasteiger partial charge < -0.3 is 14.6 Å².